The number of non-ortho nitro benzene ring substituents is 1. The summed E-state index contributed by atoms with van der Waals surface area (Å²) in [6.07, 6.45) is 0. The Morgan fingerprint density at radius 2 is 1.77 bits per heavy atom. The van der Waals surface area contributed by atoms with Gasteiger partial charge in [-0.25, -0.2) is 0 Å². The van der Waals surface area contributed by atoms with Crippen LogP contribution in [0.1, 0.15) is 21.8 Å². The maximum Gasteiger partial charge on any atom is 0.269 e. The first-order valence-electron chi connectivity index (χ1n) is 7.83. The van der Waals surface area contributed by atoms with Crippen molar-refractivity contribution in [2.24, 2.45) is 0 Å². The first-order chi connectivity index (χ1) is 12.4. The van der Waals surface area contributed by atoms with Gasteiger partial charge in [-0.15, -0.1) is 10.2 Å². The van der Waals surface area contributed by atoms with Crippen LogP contribution in [0.4, 0.5) is 5.69 Å². The van der Waals surface area contributed by atoms with Crippen LogP contribution in [0.25, 0.3) is 11.5 Å². The van der Waals surface area contributed by atoms with Gasteiger partial charge in [0, 0.05) is 30.3 Å². The number of hydrogen-bond acceptors (Lipinski definition) is 6. The standard InChI is InChI=1S/C18H16N4O4/c1-12-3-5-13(6-4-12)17-20-19-16(26-17)11-21(2)18(23)14-7-9-15(10-8-14)22(24)25/h3-10H,11H2,1-2H3. The molecule has 0 aliphatic carbocycles. The van der Waals surface area contributed by atoms with E-state index in [-0.39, 0.29) is 18.1 Å². The van der Waals surface area contributed by atoms with Crippen LogP contribution < -0.4 is 0 Å². The summed E-state index contributed by atoms with van der Waals surface area (Å²) in [5.74, 6) is 0.393. The summed E-state index contributed by atoms with van der Waals surface area (Å²) in [6.45, 7) is 2.12. The molecule has 1 aromatic heterocycles. The topological polar surface area (TPSA) is 102 Å². The third kappa shape index (κ3) is 3.75. The van der Waals surface area contributed by atoms with Crippen LogP contribution in [0, 0.1) is 17.0 Å². The molecule has 0 aliphatic rings. The molecular formula is C18H16N4O4. The minimum Gasteiger partial charge on any atom is -0.419 e. The molecule has 132 valence electrons. The van der Waals surface area contributed by atoms with Gasteiger partial charge in [-0.05, 0) is 31.2 Å². The Labute approximate surface area is 149 Å². The Kier molecular flexibility index (Phi) is 4.74. The third-order valence-corrected chi connectivity index (χ3v) is 3.81. The molecule has 0 N–H and O–H groups in total. The van der Waals surface area contributed by atoms with Gasteiger partial charge >= 0.3 is 0 Å². The molecule has 0 atom stereocenters. The van der Waals surface area contributed by atoms with E-state index in [4.69, 9.17) is 4.42 Å². The average molecular weight is 352 g/mol. The Morgan fingerprint density at radius 1 is 1.12 bits per heavy atom. The number of nitro groups is 1. The quantitative estimate of drug-likeness (QED) is 0.516. The minimum absolute atomic E-state index is 0.0659. The van der Waals surface area contributed by atoms with Crippen LogP contribution in [-0.4, -0.2) is 33.0 Å². The van der Waals surface area contributed by atoms with Gasteiger partial charge in [0.25, 0.3) is 11.6 Å². The second-order valence-corrected chi connectivity index (χ2v) is 5.83. The molecule has 2 aromatic carbocycles. The fourth-order valence-corrected chi connectivity index (χ4v) is 2.35. The highest BCUT2D eigenvalue weighted by molar-refractivity contribution is 5.94. The molecular weight excluding hydrogens is 336 g/mol. The molecule has 3 aromatic rings. The van der Waals surface area contributed by atoms with E-state index in [2.05, 4.69) is 10.2 Å². The summed E-state index contributed by atoms with van der Waals surface area (Å²) in [5, 5.41) is 18.6. The van der Waals surface area contributed by atoms with Crippen molar-refractivity contribution in [3.63, 3.8) is 0 Å². The highest BCUT2D eigenvalue weighted by atomic mass is 16.6. The first-order valence-corrected chi connectivity index (χ1v) is 7.83. The SMILES string of the molecule is Cc1ccc(-c2nnc(CN(C)C(=O)c3ccc([N+](=O)[O-])cc3)o2)cc1. The maximum absolute atomic E-state index is 12.4. The number of aryl methyl sites for hydroxylation is 1. The molecule has 0 fully saturated rings. The lowest BCUT2D eigenvalue weighted by atomic mass is 10.1. The fourth-order valence-electron chi connectivity index (χ4n) is 2.35. The van der Waals surface area contributed by atoms with Gasteiger partial charge < -0.3 is 9.32 Å². The highest BCUT2D eigenvalue weighted by Gasteiger charge is 2.17. The molecule has 0 saturated carbocycles. The Hall–Kier alpha value is -3.55. The molecule has 0 unspecified atom stereocenters. The van der Waals surface area contributed by atoms with Gasteiger partial charge in [0.2, 0.25) is 11.8 Å². The van der Waals surface area contributed by atoms with Crippen molar-refractivity contribution in [3.8, 4) is 11.5 Å². The number of rotatable bonds is 5. The zero-order valence-electron chi connectivity index (χ0n) is 14.2. The second-order valence-electron chi connectivity index (χ2n) is 5.83. The smallest absolute Gasteiger partial charge is 0.269 e. The molecule has 3 rings (SSSR count). The van der Waals surface area contributed by atoms with Gasteiger partial charge in [-0.1, -0.05) is 17.7 Å². The van der Waals surface area contributed by atoms with Crippen molar-refractivity contribution in [2.45, 2.75) is 13.5 Å². The number of nitrogens with zero attached hydrogens (tertiary/aromatic N) is 4. The average Bonchev–Trinajstić information content (AvgIpc) is 3.10. The number of carbonyl (C=O) groups excluding carboxylic acids is 1. The van der Waals surface area contributed by atoms with E-state index in [1.54, 1.807) is 7.05 Å². The molecule has 0 aliphatic heterocycles. The van der Waals surface area contributed by atoms with Crippen LogP contribution in [0.3, 0.4) is 0 Å². The molecule has 1 heterocycles. The number of amides is 1. The number of aromatic nitrogens is 2. The van der Waals surface area contributed by atoms with Crippen molar-refractivity contribution in [1.29, 1.82) is 0 Å². The summed E-state index contributed by atoms with van der Waals surface area (Å²) < 4.78 is 5.61. The van der Waals surface area contributed by atoms with Crippen molar-refractivity contribution < 1.29 is 14.1 Å². The lowest BCUT2D eigenvalue weighted by Crippen LogP contribution is -2.26. The number of carbonyl (C=O) groups is 1. The Balaban J connectivity index is 1.69. The molecule has 0 saturated heterocycles. The second kappa shape index (κ2) is 7.14. The molecule has 1 amide bonds. The third-order valence-electron chi connectivity index (χ3n) is 3.81. The lowest BCUT2D eigenvalue weighted by molar-refractivity contribution is -0.384. The first kappa shape index (κ1) is 17.3. The fraction of sp³-hybridized carbons (Fsp3) is 0.167. The van der Waals surface area contributed by atoms with E-state index in [1.807, 2.05) is 31.2 Å². The largest absolute Gasteiger partial charge is 0.419 e. The van der Waals surface area contributed by atoms with Gasteiger partial charge in [-0.3, -0.25) is 14.9 Å². The predicted molar refractivity (Wildman–Crippen MR) is 93.4 cm³/mol. The van der Waals surface area contributed by atoms with Crippen molar-refractivity contribution in [2.75, 3.05) is 7.05 Å². The van der Waals surface area contributed by atoms with E-state index in [9.17, 15) is 14.9 Å². The molecule has 26 heavy (non-hydrogen) atoms. The minimum atomic E-state index is -0.511. The Bertz CT molecular complexity index is 933. The summed E-state index contributed by atoms with van der Waals surface area (Å²) in [6, 6.07) is 13.1. The number of hydrogen-bond donors (Lipinski definition) is 0. The lowest BCUT2D eigenvalue weighted by Gasteiger charge is -2.14. The highest BCUT2D eigenvalue weighted by Crippen LogP contribution is 2.19. The van der Waals surface area contributed by atoms with Gasteiger partial charge in [-0.2, -0.15) is 0 Å². The zero-order chi connectivity index (χ0) is 18.7. The maximum atomic E-state index is 12.4. The Morgan fingerprint density at radius 3 is 2.38 bits per heavy atom. The molecule has 0 spiro atoms. The van der Waals surface area contributed by atoms with Crippen LogP contribution >= 0.6 is 0 Å². The van der Waals surface area contributed by atoms with E-state index in [0.717, 1.165) is 11.1 Å². The van der Waals surface area contributed by atoms with Crippen molar-refractivity contribution in [3.05, 3.63) is 75.7 Å². The van der Waals surface area contributed by atoms with Crippen LogP contribution in [0.2, 0.25) is 0 Å². The molecule has 8 heteroatoms. The normalized spacial score (nSPS) is 10.5. The van der Waals surface area contributed by atoms with Gasteiger partial charge in [0.15, 0.2) is 0 Å². The van der Waals surface area contributed by atoms with Crippen LogP contribution in [0.15, 0.2) is 52.9 Å². The van der Waals surface area contributed by atoms with Gasteiger partial charge in [0.1, 0.15) is 0 Å². The summed E-state index contributed by atoms with van der Waals surface area (Å²) >= 11 is 0. The van der Waals surface area contributed by atoms with Crippen LogP contribution in [-0.2, 0) is 6.54 Å². The molecule has 8 nitrogen and oxygen atoms in total. The van der Waals surface area contributed by atoms with E-state index >= 15 is 0 Å². The van der Waals surface area contributed by atoms with E-state index < -0.39 is 4.92 Å². The number of nitro benzene ring substituents is 1. The van der Waals surface area contributed by atoms with Crippen molar-refractivity contribution >= 4 is 11.6 Å². The summed E-state index contributed by atoms with van der Waals surface area (Å²) in [4.78, 5) is 24.0. The molecule has 0 bridgehead atoms. The zero-order valence-corrected chi connectivity index (χ0v) is 14.2. The number of benzene rings is 2. The predicted octanol–water partition coefficient (Wildman–Crippen LogP) is 3.23. The summed E-state index contributed by atoms with van der Waals surface area (Å²) in [7, 11) is 1.60. The summed E-state index contributed by atoms with van der Waals surface area (Å²) in [5.41, 5.74) is 2.21. The van der Waals surface area contributed by atoms with Crippen molar-refractivity contribution in [1.82, 2.24) is 15.1 Å². The van der Waals surface area contributed by atoms with Crippen LogP contribution in [0.5, 0.6) is 0 Å². The van der Waals surface area contributed by atoms with E-state index in [1.165, 1.54) is 29.2 Å². The monoisotopic (exact) mass is 352 g/mol. The van der Waals surface area contributed by atoms with Gasteiger partial charge in [0.05, 0.1) is 11.5 Å². The molecule has 0 radical (unpaired) electrons. The van der Waals surface area contributed by atoms with E-state index in [0.29, 0.717) is 17.3 Å².